The van der Waals surface area contributed by atoms with Crippen molar-refractivity contribution in [3.63, 3.8) is 0 Å². The largest absolute Gasteiger partial charge is 0.491 e. The Labute approximate surface area is 230 Å². The van der Waals surface area contributed by atoms with E-state index in [-0.39, 0.29) is 43.3 Å². The lowest BCUT2D eigenvalue weighted by atomic mass is 9.92. The van der Waals surface area contributed by atoms with Crippen molar-refractivity contribution in [3.05, 3.63) is 29.8 Å². The molecule has 11 nitrogen and oxygen atoms in total. The van der Waals surface area contributed by atoms with Gasteiger partial charge >= 0.3 is 0 Å². The highest BCUT2D eigenvalue weighted by atomic mass is 16.5. The predicted molar refractivity (Wildman–Crippen MR) is 146 cm³/mol. The molecule has 4 amide bonds. The first-order chi connectivity index (χ1) is 18.7. The number of aliphatic hydroxyl groups excluding tert-OH is 1. The van der Waals surface area contributed by atoms with Crippen LogP contribution in [-0.4, -0.2) is 97.6 Å². The van der Waals surface area contributed by atoms with E-state index in [0.29, 0.717) is 43.7 Å². The second kappa shape index (κ2) is 14.8. The fourth-order valence-corrected chi connectivity index (χ4v) is 5.33. The first-order valence-electron chi connectivity index (χ1n) is 13.9. The van der Waals surface area contributed by atoms with E-state index < -0.39 is 24.0 Å². The second-order valence-corrected chi connectivity index (χ2v) is 10.5. The van der Waals surface area contributed by atoms with Gasteiger partial charge in [0.2, 0.25) is 23.6 Å². The number of carbonyl (C=O) groups excluding carboxylic acids is 4. The molecule has 2 aliphatic heterocycles. The lowest BCUT2D eigenvalue weighted by Crippen LogP contribution is -2.61. The van der Waals surface area contributed by atoms with E-state index in [1.54, 1.807) is 23.1 Å². The molecule has 11 heteroatoms. The third-order valence-corrected chi connectivity index (χ3v) is 7.19. The molecule has 4 atom stereocenters. The summed E-state index contributed by atoms with van der Waals surface area (Å²) in [5, 5.41) is 17.8. The first kappa shape index (κ1) is 30.4. The number of nitrogens with one attached hydrogen (secondary N) is 3. The summed E-state index contributed by atoms with van der Waals surface area (Å²) < 4.78 is 5.59. The zero-order valence-corrected chi connectivity index (χ0v) is 23.3. The summed E-state index contributed by atoms with van der Waals surface area (Å²) >= 11 is 0. The average molecular weight is 546 g/mol. The molecule has 0 aromatic heterocycles. The van der Waals surface area contributed by atoms with Crippen molar-refractivity contribution in [2.75, 3.05) is 46.9 Å². The maximum atomic E-state index is 13.7. The minimum atomic E-state index is -0.732. The lowest BCUT2D eigenvalue weighted by molar-refractivity contribution is -0.149. The van der Waals surface area contributed by atoms with Crippen LogP contribution in [0.15, 0.2) is 24.3 Å². The number of amides is 4. The summed E-state index contributed by atoms with van der Waals surface area (Å²) in [5.41, 5.74) is 0.716. The third kappa shape index (κ3) is 8.40. The predicted octanol–water partition coefficient (Wildman–Crippen LogP) is 0.579. The van der Waals surface area contributed by atoms with Gasteiger partial charge in [-0.3, -0.25) is 19.2 Å². The Bertz CT molecular complexity index is 1000. The molecule has 2 heterocycles. The van der Waals surface area contributed by atoms with Crippen molar-refractivity contribution < 1.29 is 29.0 Å². The topological polar surface area (TPSA) is 140 Å². The number of carbonyl (C=O) groups is 4. The Hall–Kier alpha value is -3.18. The van der Waals surface area contributed by atoms with Gasteiger partial charge < -0.3 is 35.6 Å². The standard InChI is InChI=1S/C28H43N5O6/c1-19(35)29-12-5-4-11-23-28(38)33-24(27(37)31-23)18-22(26(36)30-13-6-7-14-32(2)3)25(33)20-9-8-10-21(17-20)39-16-15-34/h8-10,17,22-25,34H,4-7,11-16,18H2,1-3H3,(H,29,35)(H,30,36)(H,31,37)/t22-,23-,24-,25-/m0/s1. The molecule has 3 rings (SSSR count). The van der Waals surface area contributed by atoms with Gasteiger partial charge in [0.1, 0.15) is 24.4 Å². The zero-order valence-electron chi connectivity index (χ0n) is 23.3. The van der Waals surface area contributed by atoms with E-state index in [1.165, 1.54) is 6.92 Å². The molecular formula is C28H43N5O6. The average Bonchev–Trinajstić information content (AvgIpc) is 3.31. The molecule has 0 unspecified atom stereocenters. The number of nitrogens with zero attached hydrogens (tertiary/aromatic N) is 2. The summed E-state index contributed by atoms with van der Waals surface area (Å²) in [5.74, 6) is -0.797. The van der Waals surface area contributed by atoms with Gasteiger partial charge in [-0.2, -0.15) is 0 Å². The number of piperazine rings is 1. The summed E-state index contributed by atoms with van der Waals surface area (Å²) in [6.45, 7) is 3.41. The number of benzene rings is 1. The van der Waals surface area contributed by atoms with Gasteiger partial charge in [-0.25, -0.2) is 0 Å². The molecule has 0 bridgehead atoms. The number of rotatable bonds is 15. The molecule has 0 radical (unpaired) electrons. The molecule has 0 aliphatic carbocycles. The van der Waals surface area contributed by atoms with Crippen molar-refractivity contribution in [2.45, 2.75) is 63.6 Å². The third-order valence-electron chi connectivity index (χ3n) is 7.19. The number of fused-ring (bicyclic) bond motifs is 1. The van der Waals surface area contributed by atoms with E-state index in [9.17, 15) is 19.2 Å². The summed E-state index contributed by atoms with van der Waals surface area (Å²) in [4.78, 5) is 55.1. The van der Waals surface area contributed by atoms with Gasteiger partial charge in [-0.05, 0) is 76.9 Å². The Morgan fingerprint density at radius 1 is 1.13 bits per heavy atom. The number of hydrogen-bond donors (Lipinski definition) is 4. The fourth-order valence-electron chi connectivity index (χ4n) is 5.33. The van der Waals surface area contributed by atoms with Crippen LogP contribution in [0.4, 0.5) is 0 Å². The van der Waals surface area contributed by atoms with Crippen molar-refractivity contribution in [1.82, 2.24) is 25.8 Å². The maximum Gasteiger partial charge on any atom is 0.246 e. The van der Waals surface area contributed by atoms with Crippen molar-refractivity contribution in [2.24, 2.45) is 5.92 Å². The SMILES string of the molecule is CC(=O)NCCCC[C@@H]1NC(=O)[C@@H]2C[C@H](C(=O)NCCCCN(C)C)[C@H](c3cccc(OCCO)c3)N2C1=O. The van der Waals surface area contributed by atoms with Crippen molar-refractivity contribution in [1.29, 1.82) is 0 Å². The lowest BCUT2D eigenvalue weighted by Gasteiger charge is -2.38. The molecule has 39 heavy (non-hydrogen) atoms. The van der Waals surface area contributed by atoms with E-state index >= 15 is 0 Å². The molecular weight excluding hydrogens is 502 g/mol. The summed E-state index contributed by atoms with van der Waals surface area (Å²) in [7, 11) is 4.02. The molecule has 2 aliphatic rings. The van der Waals surface area contributed by atoms with Gasteiger partial charge in [0.15, 0.2) is 0 Å². The first-order valence-corrected chi connectivity index (χ1v) is 13.9. The number of aliphatic hydroxyl groups is 1. The monoisotopic (exact) mass is 545 g/mol. The van der Waals surface area contributed by atoms with Gasteiger partial charge in [-0.1, -0.05) is 12.1 Å². The van der Waals surface area contributed by atoms with Crippen LogP contribution in [0.25, 0.3) is 0 Å². The Morgan fingerprint density at radius 3 is 2.59 bits per heavy atom. The molecule has 2 saturated heterocycles. The Kier molecular flexibility index (Phi) is 11.5. The van der Waals surface area contributed by atoms with Crippen LogP contribution in [0.1, 0.15) is 57.1 Å². The minimum absolute atomic E-state index is 0.105. The molecule has 1 aromatic carbocycles. The van der Waals surface area contributed by atoms with Crippen molar-refractivity contribution in [3.8, 4) is 5.75 Å². The quantitative estimate of drug-likeness (QED) is 0.236. The second-order valence-electron chi connectivity index (χ2n) is 10.5. The van der Waals surface area contributed by atoms with E-state index in [4.69, 9.17) is 9.84 Å². The van der Waals surface area contributed by atoms with Gasteiger partial charge in [0.05, 0.1) is 18.6 Å². The molecule has 216 valence electrons. The van der Waals surface area contributed by atoms with Crippen LogP contribution in [0.5, 0.6) is 5.75 Å². The highest BCUT2D eigenvalue weighted by Crippen LogP contribution is 2.44. The minimum Gasteiger partial charge on any atom is -0.491 e. The zero-order chi connectivity index (χ0) is 28.4. The molecule has 2 fully saturated rings. The van der Waals surface area contributed by atoms with Crippen LogP contribution >= 0.6 is 0 Å². The highest BCUT2D eigenvalue weighted by Gasteiger charge is 2.54. The Morgan fingerprint density at radius 2 is 1.87 bits per heavy atom. The van der Waals surface area contributed by atoms with E-state index in [0.717, 1.165) is 19.4 Å². The smallest absolute Gasteiger partial charge is 0.246 e. The molecule has 4 N–H and O–H groups in total. The maximum absolute atomic E-state index is 13.7. The summed E-state index contributed by atoms with van der Waals surface area (Å²) in [6.07, 6.45) is 3.81. The number of unbranched alkanes of at least 4 members (excludes halogenated alkanes) is 2. The van der Waals surface area contributed by atoms with Crippen molar-refractivity contribution >= 4 is 23.6 Å². The van der Waals surface area contributed by atoms with E-state index in [2.05, 4.69) is 20.9 Å². The number of hydrogen-bond acceptors (Lipinski definition) is 7. The van der Waals surface area contributed by atoms with Crippen LogP contribution in [-0.2, 0) is 19.2 Å². The Balaban J connectivity index is 1.78. The van der Waals surface area contributed by atoms with Crippen LogP contribution < -0.4 is 20.7 Å². The summed E-state index contributed by atoms with van der Waals surface area (Å²) in [6, 6.07) is 5.14. The number of ether oxygens (including phenoxy) is 1. The highest BCUT2D eigenvalue weighted by molar-refractivity contribution is 5.99. The van der Waals surface area contributed by atoms with Crippen LogP contribution in [0.2, 0.25) is 0 Å². The van der Waals surface area contributed by atoms with E-state index in [1.807, 2.05) is 20.2 Å². The van der Waals surface area contributed by atoms with Crippen LogP contribution in [0, 0.1) is 5.92 Å². The van der Waals surface area contributed by atoms with Gasteiger partial charge in [0.25, 0.3) is 0 Å². The fraction of sp³-hybridized carbons (Fsp3) is 0.643. The van der Waals surface area contributed by atoms with Crippen LogP contribution in [0.3, 0.4) is 0 Å². The molecule has 0 saturated carbocycles. The molecule has 0 spiro atoms. The van der Waals surface area contributed by atoms with Gasteiger partial charge in [0, 0.05) is 20.0 Å². The molecule has 1 aromatic rings. The van der Waals surface area contributed by atoms with Gasteiger partial charge in [-0.15, -0.1) is 0 Å². The normalized spacial score (nSPS) is 22.4.